The molecule has 2 aromatic rings. The first kappa shape index (κ1) is 13.9. The zero-order valence-corrected chi connectivity index (χ0v) is 11.7. The van der Waals surface area contributed by atoms with Crippen molar-refractivity contribution in [2.75, 3.05) is 0 Å². The molecule has 0 radical (unpaired) electrons. The van der Waals surface area contributed by atoms with E-state index in [9.17, 15) is 9.82 Å². The van der Waals surface area contributed by atoms with Gasteiger partial charge in [-0.15, -0.1) is 0 Å². The lowest BCUT2D eigenvalue weighted by Crippen LogP contribution is -2.27. The summed E-state index contributed by atoms with van der Waals surface area (Å²) in [6, 6.07) is 14.8. The molecule has 1 unspecified atom stereocenters. The third-order valence-corrected chi connectivity index (χ3v) is 3.42. The number of Topliss-reactive ketones (excluding diaryl/α,β-unsaturated/α-hetero) is 1. The molecule has 1 atom stereocenters. The van der Waals surface area contributed by atoms with E-state index in [1.165, 1.54) is 6.92 Å². The van der Waals surface area contributed by atoms with Gasteiger partial charge in [0.1, 0.15) is 17.3 Å². The number of fused-ring (bicyclic) bond motifs is 1. The third-order valence-electron chi connectivity index (χ3n) is 3.42. The highest BCUT2D eigenvalue weighted by atomic mass is 16.5. The van der Waals surface area contributed by atoms with Gasteiger partial charge in [-0.05, 0) is 42.2 Å². The van der Waals surface area contributed by atoms with Crippen LogP contribution in [-0.4, -0.2) is 17.9 Å². The van der Waals surface area contributed by atoms with Gasteiger partial charge in [0.15, 0.2) is 0 Å². The molecular weight excluding hydrogens is 267 g/mol. The molecule has 0 saturated carbocycles. The summed E-state index contributed by atoms with van der Waals surface area (Å²) < 4.78 is 11.2. The molecule has 1 aliphatic rings. The number of carbonyl (C=O) groups is 1. The normalized spacial score (nSPS) is 16.7. The van der Waals surface area contributed by atoms with Crippen LogP contribution in [-0.2, 0) is 9.45 Å². The van der Waals surface area contributed by atoms with Crippen molar-refractivity contribution in [2.45, 2.75) is 19.4 Å². The van der Waals surface area contributed by atoms with Crippen molar-refractivity contribution in [1.29, 1.82) is 0 Å². The van der Waals surface area contributed by atoms with Crippen LogP contribution in [0.3, 0.4) is 0 Å². The monoisotopic (exact) mass is 282 g/mol. The molecule has 5 heteroatoms. The van der Waals surface area contributed by atoms with Crippen molar-refractivity contribution in [1.82, 2.24) is 0 Å². The standard InChI is InChI=1S/C16H15BO4/c1-11(18)9-16-14-8-7-13(10-15(14)17(19)21-16)20-12-5-3-2-4-6-12/h2-8,10,16,19H,9H2,1H3. The molecule has 3 rings (SSSR count). The first-order valence-electron chi connectivity index (χ1n) is 6.83. The van der Waals surface area contributed by atoms with Crippen LogP contribution in [0.2, 0.25) is 0 Å². The summed E-state index contributed by atoms with van der Waals surface area (Å²) in [5.41, 5.74) is 1.51. The van der Waals surface area contributed by atoms with Gasteiger partial charge in [-0.3, -0.25) is 4.79 Å². The van der Waals surface area contributed by atoms with Crippen LogP contribution >= 0.6 is 0 Å². The Morgan fingerprint density at radius 2 is 2.00 bits per heavy atom. The summed E-state index contributed by atoms with van der Waals surface area (Å²) in [6.07, 6.45) is -0.110. The minimum Gasteiger partial charge on any atom is -0.457 e. The minimum absolute atomic E-state index is 0.0321. The van der Waals surface area contributed by atoms with E-state index in [1.54, 1.807) is 6.07 Å². The Kier molecular flexibility index (Phi) is 3.77. The number of hydrogen-bond acceptors (Lipinski definition) is 4. The van der Waals surface area contributed by atoms with Crippen LogP contribution in [0, 0.1) is 0 Å². The van der Waals surface area contributed by atoms with Crippen LogP contribution in [0.15, 0.2) is 48.5 Å². The van der Waals surface area contributed by atoms with Gasteiger partial charge in [-0.25, -0.2) is 0 Å². The number of benzene rings is 2. The van der Waals surface area contributed by atoms with Crippen molar-refractivity contribution in [2.24, 2.45) is 0 Å². The Bertz CT molecular complexity index is 657. The van der Waals surface area contributed by atoms with Crippen molar-refractivity contribution < 1.29 is 19.2 Å². The third kappa shape index (κ3) is 2.99. The number of para-hydroxylation sites is 1. The fourth-order valence-electron chi connectivity index (χ4n) is 2.47. The van der Waals surface area contributed by atoms with E-state index in [1.807, 2.05) is 42.5 Å². The van der Waals surface area contributed by atoms with Gasteiger partial charge in [0, 0.05) is 6.42 Å². The lowest BCUT2D eigenvalue weighted by Gasteiger charge is -2.10. The Labute approximate surface area is 123 Å². The van der Waals surface area contributed by atoms with E-state index in [0.717, 1.165) is 11.3 Å². The molecule has 0 aromatic heterocycles. The fourth-order valence-corrected chi connectivity index (χ4v) is 2.47. The summed E-state index contributed by atoms with van der Waals surface area (Å²) in [4.78, 5) is 11.2. The Morgan fingerprint density at radius 1 is 1.24 bits per heavy atom. The Hall–Kier alpha value is -2.11. The highest BCUT2D eigenvalue weighted by Crippen LogP contribution is 2.30. The highest BCUT2D eigenvalue weighted by molar-refractivity contribution is 6.61. The second-order valence-corrected chi connectivity index (χ2v) is 5.09. The Balaban J connectivity index is 1.85. The summed E-state index contributed by atoms with van der Waals surface area (Å²) in [6.45, 7) is 1.51. The van der Waals surface area contributed by atoms with Crippen molar-refractivity contribution in [3.63, 3.8) is 0 Å². The molecule has 0 spiro atoms. The smallest absolute Gasteiger partial charge is 0.457 e. The quantitative estimate of drug-likeness (QED) is 0.873. The van der Waals surface area contributed by atoms with Crippen LogP contribution in [0.1, 0.15) is 25.0 Å². The molecule has 0 fully saturated rings. The van der Waals surface area contributed by atoms with Crippen molar-refractivity contribution >= 4 is 18.4 Å². The second-order valence-electron chi connectivity index (χ2n) is 5.09. The van der Waals surface area contributed by atoms with Crippen LogP contribution in [0.5, 0.6) is 11.5 Å². The first-order chi connectivity index (χ1) is 10.1. The summed E-state index contributed by atoms with van der Waals surface area (Å²) in [7, 11) is -1.01. The molecular formula is C16H15BO4. The molecule has 1 aliphatic heterocycles. The number of ether oxygens (including phenoxy) is 1. The molecule has 0 saturated heterocycles. The van der Waals surface area contributed by atoms with E-state index < -0.39 is 7.12 Å². The number of carbonyl (C=O) groups excluding carboxylic acids is 1. The van der Waals surface area contributed by atoms with E-state index in [-0.39, 0.29) is 18.3 Å². The van der Waals surface area contributed by atoms with Crippen molar-refractivity contribution in [3.05, 3.63) is 54.1 Å². The van der Waals surface area contributed by atoms with E-state index in [2.05, 4.69) is 0 Å². The van der Waals surface area contributed by atoms with Gasteiger partial charge >= 0.3 is 7.12 Å². The molecule has 1 heterocycles. The maximum Gasteiger partial charge on any atom is 0.492 e. The Morgan fingerprint density at radius 3 is 2.71 bits per heavy atom. The second kappa shape index (κ2) is 5.72. The first-order valence-corrected chi connectivity index (χ1v) is 6.83. The van der Waals surface area contributed by atoms with Gasteiger partial charge in [0.25, 0.3) is 0 Å². The zero-order chi connectivity index (χ0) is 14.8. The maximum atomic E-state index is 11.2. The van der Waals surface area contributed by atoms with Gasteiger partial charge in [-0.2, -0.15) is 0 Å². The topological polar surface area (TPSA) is 55.8 Å². The summed E-state index contributed by atoms with van der Waals surface area (Å²) in [5, 5.41) is 9.97. The molecule has 2 aromatic carbocycles. The lowest BCUT2D eigenvalue weighted by atomic mass is 9.79. The molecule has 0 amide bonds. The van der Waals surface area contributed by atoms with Crippen LogP contribution < -0.4 is 10.2 Å². The fraction of sp³-hybridized carbons (Fsp3) is 0.188. The molecule has 21 heavy (non-hydrogen) atoms. The SMILES string of the molecule is CC(=O)CC1OB(O)c2cc(Oc3ccccc3)ccc21. The van der Waals surface area contributed by atoms with Crippen molar-refractivity contribution in [3.8, 4) is 11.5 Å². The predicted molar refractivity (Wildman–Crippen MR) is 79.7 cm³/mol. The lowest BCUT2D eigenvalue weighted by molar-refractivity contribution is -0.118. The molecule has 1 N–H and O–H groups in total. The zero-order valence-electron chi connectivity index (χ0n) is 11.7. The minimum atomic E-state index is -1.01. The average Bonchev–Trinajstić information content (AvgIpc) is 2.75. The maximum absolute atomic E-state index is 11.2. The van der Waals surface area contributed by atoms with Gasteiger partial charge in [-0.1, -0.05) is 24.3 Å². The van der Waals surface area contributed by atoms with Gasteiger partial charge in [0.05, 0.1) is 6.10 Å². The highest BCUT2D eigenvalue weighted by Gasteiger charge is 2.35. The number of hydrogen-bond donors (Lipinski definition) is 1. The van der Waals surface area contributed by atoms with Crippen LogP contribution in [0.4, 0.5) is 0 Å². The summed E-state index contributed by atoms with van der Waals surface area (Å²) in [5.74, 6) is 1.39. The van der Waals surface area contributed by atoms with E-state index in [0.29, 0.717) is 11.2 Å². The van der Waals surface area contributed by atoms with Gasteiger partial charge in [0.2, 0.25) is 0 Å². The van der Waals surface area contributed by atoms with Crippen LogP contribution in [0.25, 0.3) is 0 Å². The predicted octanol–water partition coefficient (Wildman–Crippen LogP) is 2.22. The average molecular weight is 282 g/mol. The molecule has 0 aliphatic carbocycles. The molecule has 0 bridgehead atoms. The van der Waals surface area contributed by atoms with E-state index >= 15 is 0 Å². The molecule has 4 nitrogen and oxygen atoms in total. The largest absolute Gasteiger partial charge is 0.492 e. The van der Waals surface area contributed by atoms with Gasteiger partial charge < -0.3 is 14.4 Å². The summed E-state index contributed by atoms with van der Waals surface area (Å²) >= 11 is 0. The number of rotatable bonds is 4. The van der Waals surface area contributed by atoms with E-state index in [4.69, 9.17) is 9.39 Å². The number of ketones is 1. The molecule has 106 valence electrons.